The van der Waals surface area contributed by atoms with E-state index in [0.717, 1.165) is 16.7 Å². The molecular formula is C9H15Br. The molecular weight excluding hydrogens is 188 g/mol. The lowest BCUT2D eigenvalue weighted by atomic mass is 9.77. The standard InChI is InChI=1S/C9H15Br/c1-9(2)5-6-3-7(9)8(10)4-6/h6-8H,3-5H2,1-2H3/t6-,7+,8+/m0/s1. The summed E-state index contributed by atoms with van der Waals surface area (Å²) < 4.78 is 0. The van der Waals surface area contributed by atoms with Crippen LogP contribution in [0.15, 0.2) is 0 Å². The molecule has 2 rings (SSSR count). The molecule has 10 heavy (non-hydrogen) atoms. The third kappa shape index (κ3) is 0.861. The number of alkyl halides is 1. The Morgan fingerprint density at radius 2 is 2.00 bits per heavy atom. The lowest BCUT2D eigenvalue weighted by Crippen LogP contribution is -2.27. The first kappa shape index (κ1) is 7.15. The molecule has 0 nitrogen and oxygen atoms in total. The van der Waals surface area contributed by atoms with E-state index in [1.807, 2.05) is 0 Å². The zero-order chi connectivity index (χ0) is 7.35. The first-order valence-electron chi connectivity index (χ1n) is 4.24. The first-order chi connectivity index (χ1) is 4.59. The summed E-state index contributed by atoms with van der Waals surface area (Å²) in [5.74, 6) is 2.02. The van der Waals surface area contributed by atoms with Crippen molar-refractivity contribution in [2.45, 2.75) is 37.9 Å². The molecule has 0 aliphatic heterocycles. The van der Waals surface area contributed by atoms with Crippen LogP contribution in [0.25, 0.3) is 0 Å². The Labute approximate surface area is 71.5 Å². The van der Waals surface area contributed by atoms with E-state index in [1.54, 1.807) is 0 Å². The first-order valence-corrected chi connectivity index (χ1v) is 5.15. The molecule has 0 aromatic heterocycles. The zero-order valence-electron chi connectivity index (χ0n) is 6.73. The molecule has 2 saturated carbocycles. The van der Waals surface area contributed by atoms with Crippen LogP contribution < -0.4 is 0 Å². The van der Waals surface area contributed by atoms with Gasteiger partial charge < -0.3 is 0 Å². The zero-order valence-corrected chi connectivity index (χ0v) is 8.32. The van der Waals surface area contributed by atoms with Crippen molar-refractivity contribution in [1.82, 2.24) is 0 Å². The van der Waals surface area contributed by atoms with Gasteiger partial charge in [0.05, 0.1) is 0 Å². The predicted molar refractivity (Wildman–Crippen MR) is 47.3 cm³/mol. The fraction of sp³-hybridized carbons (Fsp3) is 1.00. The van der Waals surface area contributed by atoms with Crippen molar-refractivity contribution in [3.05, 3.63) is 0 Å². The fourth-order valence-electron chi connectivity index (χ4n) is 2.96. The lowest BCUT2D eigenvalue weighted by Gasteiger charge is -2.32. The summed E-state index contributed by atoms with van der Waals surface area (Å²) in [5, 5.41) is 0. The van der Waals surface area contributed by atoms with Crippen LogP contribution in [-0.4, -0.2) is 4.83 Å². The van der Waals surface area contributed by atoms with Crippen LogP contribution in [0.5, 0.6) is 0 Å². The van der Waals surface area contributed by atoms with Crippen molar-refractivity contribution in [1.29, 1.82) is 0 Å². The summed E-state index contributed by atoms with van der Waals surface area (Å²) in [6.45, 7) is 4.84. The van der Waals surface area contributed by atoms with Gasteiger partial charge in [-0.15, -0.1) is 0 Å². The van der Waals surface area contributed by atoms with E-state index in [4.69, 9.17) is 0 Å². The molecule has 1 heteroatoms. The second-order valence-corrected chi connectivity index (χ2v) is 5.83. The Kier molecular flexibility index (Phi) is 1.43. The summed E-state index contributed by atoms with van der Waals surface area (Å²) in [7, 11) is 0. The van der Waals surface area contributed by atoms with Gasteiger partial charge in [-0.3, -0.25) is 0 Å². The molecule has 0 unspecified atom stereocenters. The number of halogens is 1. The maximum absolute atomic E-state index is 3.77. The lowest BCUT2D eigenvalue weighted by molar-refractivity contribution is 0.226. The molecule has 2 fully saturated rings. The molecule has 2 aliphatic carbocycles. The monoisotopic (exact) mass is 202 g/mol. The van der Waals surface area contributed by atoms with E-state index < -0.39 is 0 Å². The largest absolute Gasteiger partial charge is 0.0887 e. The summed E-state index contributed by atoms with van der Waals surface area (Å²) in [5.41, 5.74) is 0.636. The second-order valence-electron chi connectivity index (χ2n) is 4.65. The van der Waals surface area contributed by atoms with E-state index in [-0.39, 0.29) is 0 Å². The average Bonchev–Trinajstić information content (AvgIpc) is 2.18. The van der Waals surface area contributed by atoms with Crippen LogP contribution in [-0.2, 0) is 0 Å². The fourth-order valence-corrected chi connectivity index (χ4v) is 4.42. The number of fused-ring (bicyclic) bond motifs is 2. The van der Waals surface area contributed by atoms with Crippen molar-refractivity contribution >= 4 is 15.9 Å². The molecule has 0 aromatic rings. The SMILES string of the molecule is CC1(C)C[C@@H]2C[C@@H](Br)[C@H]1C2. The third-order valence-electron chi connectivity index (χ3n) is 3.40. The Balaban J connectivity index is 2.20. The van der Waals surface area contributed by atoms with Crippen LogP contribution in [0.3, 0.4) is 0 Å². The van der Waals surface area contributed by atoms with Crippen LogP contribution in [0.1, 0.15) is 33.1 Å². The van der Waals surface area contributed by atoms with Gasteiger partial charge in [0.1, 0.15) is 0 Å². The van der Waals surface area contributed by atoms with E-state index in [0.29, 0.717) is 5.41 Å². The molecule has 3 atom stereocenters. The smallest absolute Gasteiger partial charge is 0.0181 e. The predicted octanol–water partition coefficient (Wildman–Crippen LogP) is 3.21. The highest BCUT2D eigenvalue weighted by atomic mass is 79.9. The van der Waals surface area contributed by atoms with Gasteiger partial charge in [-0.1, -0.05) is 29.8 Å². The minimum atomic E-state index is 0.636. The molecule has 2 bridgehead atoms. The van der Waals surface area contributed by atoms with Crippen LogP contribution in [0.2, 0.25) is 0 Å². The highest BCUT2D eigenvalue weighted by Crippen LogP contribution is 2.57. The Morgan fingerprint density at radius 1 is 1.30 bits per heavy atom. The van der Waals surface area contributed by atoms with Crippen LogP contribution in [0.4, 0.5) is 0 Å². The summed E-state index contributed by atoms with van der Waals surface area (Å²) in [6, 6.07) is 0. The van der Waals surface area contributed by atoms with Gasteiger partial charge in [-0.25, -0.2) is 0 Å². The molecule has 0 spiro atoms. The number of hydrogen-bond acceptors (Lipinski definition) is 0. The molecule has 0 N–H and O–H groups in total. The Hall–Kier alpha value is 0.480. The van der Waals surface area contributed by atoms with Crippen molar-refractivity contribution in [3.8, 4) is 0 Å². The van der Waals surface area contributed by atoms with Crippen LogP contribution >= 0.6 is 15.9 Å². The van der Waals surface area contributed by atoms with Gasteiger partial charge >= 0.3 is 0 Å². The van der Waals surface area contributed by atoms with E-state index >= 15 is 0 Å². The highest BCUT2D eigenvalue weighted by Gasteiger charge is 2.49. The maximum Gasteiger partial charge on any atom is 0.0181 e. The number of rotatable bonds is 0. The van der Waals surface area contributed by atoms with E-state index in [2.05, 4.69) is 29.8 Å². The minimum absolute atomic E-state index is 0.636. The average molecular weight is 203 g/mol. The van der Waals surface area contributed by atoms with E-state index in [9.17, 15) is 0 Å². The van der Waals surface area contributed by atoms with Gasteiger partial charge in [0.15, 0.2) is 0 Å². The summed E-state index contributed by atoms with van der Waals surface area (Å²) in [6.07, 6.45) is 4.40. The summed E-state index contributed by atoms with van der Waals surface area (Å²) in [4.78, 5) is 0.834. The topological polar surface area (TPSA) is 0 Å². The molecule has 0 aromatic carbocycles. The Bertz CT molecular complexity index is 151. The van der Waals surface area contributed by atoms with Crippen molar-refractivity contribution in [2.75, 3.05) is 0 Å². The van der Waals surface area contributed by atoms with Crippen LogP contribution in [0, 0.1) is 17.3 Å². The number of hydrogen-bond donors (Lipinski definition) is 0. The normalized spacial score (nSPS) is 50.1. The Morgan fingerprint density at radius 3 is 2.30 bits per heavy atom. The van der Waals surface area contributed by atoms with Gasteiger partial charge in [0.25, 0.3) is 0 Å². The molecule has 0 heterocycles. The molecule has 2 aliphatic rings. The van der Waals surface area contributed by atoms with Gasteiger partial charge in [-0.2, -0.15) is 0 Å². The third-order valence-corrected chi connectivity index (χ3v) is 4.41. The molecule has 58 valence electrons. The van der Waals surface area contributed by atoms with Crippen molar-refractivity contribution in [2.24, 2.45) is 17.3 Å². The van der Waals surface area contributed by atoms with Gasteiger partial charge in [-0.05, 0) is 36.5 Å². The van der Waals surface area contributed by atoms with Crippen molar-refractivity contribution < 1.29 is 0 Å². The summed E-state index contributed by atoms with van der Waals surface area (Å²) >= 11 is 3.77. The molecule has 0 amide bonds. The second kappa shape index (κ2) is 2.00. The quantitative estimate of drug-likeness (QED) is 0.530. The maximum atomic E-state index is 3.77. The van der Waals surface area contributed by atoms with Gasteiger partial charge in [0, 0.05) is 4.83 Å². The van der Waals surface area contributed by atoms with Crippen molar-refractivity contribution in [3.63, 3.8) is 0 Å². The minimum Gasteiger partial charge on any atom is -0.0887 e. The van der Waals surface area contributed by atoms with E-state index in [1.165, 1.54) is 19.3 Å². The van der Waals surface area contributed by atoms with Gasteiger partial charge in [0.2, 0.25) is 0 Å². The molecule has 0 radical (unpaired) electrons. The highest BCUT2D eigenvalue weighted by molar-refractivity contribution is 9.09. The molecule has 0 saturated heterocycles.